The normalized spacial score (nSPS) is 8.40. The van der Waals surface area contributed by atoms with Crippen LogP contribution in [0.15, 0.2) is 11.4 Å². The largest absolute Gasteiger partial charge is 1.00 e. The Balaban J connectivity index is 0.000000810. The molecule has 0 spiro atoms. The van der Waals surface area contributed by atoms with Crippen LogP contribution < -0.4 is 56.5 Å². The van der Waals surface area contributed by atoms with Gasteiger partial charge < -0.3 is 15.0 Å². The number of hydrogen-bond acceptors (Lipinski definition) is 4. The van der Waals surface area contributed by atoms with E-state index in [-0.39, 0.29) is 62.0 Å². The molecule has 0 saturated carbocycles. The standard InChI is InChI=1S/C5H4O3S.K/c6-3-1-4(5(7)8)9-2-3;/h1-2,6H,(H,7,8);/q;+1/p-1. The van der Waals surface area contributed by atoms with Crippen LogP contribution in [0.5, 0.6) is 5.75 Å². The average molecular weight is 182 g/mol. The van der Waals surface area contributed by atoms with Crippen LogP contribution in [0.3, 0.4) is 0 Å². The van der Waals surface area contributed by atoms with E-state index in [1.807, 2.05) is 0 Å². The minimum atomic E-state index is -1.25. The van der Waals surface area contributed by atoms with Crippen LogP contribution in [0.2, 0.25) is 0 Å². The third kappa shape index (κ3) is 2.69. The second kappa shape index (κ2) is 4.48. The van der Waals surface area contributed by atoms with E-state index in [1.165, 1.54) is 5.38 Å². The van der Waals surface area contributed by atoms with Crippen molar-refractivity contribution in [1.82, 2.24) is 0 Å². The van der Waals surface area contributed by atoms with E-state index in [9.17, 15) is 9.90 Å². The third-order valence-electron chi connectivity index (χ3n) is 0.787. The Morgan fingerprint density at radius 1 is 1.70 bits per heavy atom. The molecule has 0 amide bonds. The number of carbonyl (C=O) groups is 1. The number of carboxylic acid groups (broad SMARTS) is 1. The summed E-state index contributed by atoms with van der Waals surface area (Å²) in [5.41, 5.74) is 0. The maximum atomic E-state index is 10.0. The van der Waals surface area contributed by atoms with E-state index < -0.39 is 5.97 Å². The summed E-state index contributed by atoms with van der Waals surface area (Å²) in [7, 11) is 0. The number of aromatic hydroxyl groups is 1. The predicted octanol–water partition coefficient (Wildman–Crippen LogP) is -3.18. The van der Waals surface area contributed by atoms with Gasteiger partial charge in [0.05, 0.1) is 10.8 Å². The fourth-order valence-electron chi connectivity index (χ4n) is 0.433. The van der Waals surface area contributed by atoms with Gasteiger partial charge in [0, 0.05) is 5.38 Å². The minimum absolute atomic E-state index is 0. The number of aromatic carboxylic acids is 1. The molecule has 0 radical (unpaired) electrons. The van der Waals surface area contributed by atoms with Crippen molar-refractivity contribution in [2.45, 2.75) is 0 Å². The van der Waals surface area contributed by atoms with Gasteiger partial charge in [-0.3, -0.25) is 0 Å². The summed E-state index contributed by atoms with van der Waals surface area (Å²) in [6.07, 6.45) is 0. The van der Waals surface area contributed by atoms with Gasteiger partial charge in [-0.15, -0.1) is 11.3 Å². The van der Waals surface area contributed by atoms with Crippen molar-refractivity contribution in [2.75, 3.05) is 0 Å². The fourth-order valence-corrected chi connectivity index (χ4v) is 1.03. The van der Waals surface area contributed by atoms with Gasteiger partial charge in [0.15, 0.2) is 0 Å². The summed E-state index contributed by atoms with van der Waals surface area (Å²) in [5.74, 6) is -1.28. The summed E-state index contributed by atoms with van der Waals surface area (Å²) in [5, 5.41) is 20.0. The van der Waals surface area contributed by atoms with Crippen LogP contribution in [-0.4, -0.2) is 11.1 Å². The van der Waals surface area contributed by atoms with Gasteiger partial charge in [0.2, 0.25) is 0 Å². The molecule has 0 atom stereocenters. The van der Waals surface area contributed by atoms with E-state index in [2.05, 4.69) is 0 Å². The summed E-state index contributed by atoms with van der Waals surface area (Å²) in [6, 6.07) is 1.15. The Kier molecular flexibility index (Phi) is 4.75. The molecule has 0 aliphatic rings. The van der Waals surface area contributed by atoms with E-state index in [4.69, 9.17) is 5.11 Å². The molecule has 3 nitrogen and oxygen atoms in total. The molecule has 10 heavy (non-hydrogen) atoms. The van der Waals surface area contributed by atoms with Gasteiger partial charge in [0.1, 0.15) is 5.75 Å². The molecule has 0 unspecified atom stereocenters. The first-order chi connectivity index (χ1) is 4.20. The molecule has 1 aromatic rings. The van der Waals surface area contributed by atoms with Gasteiger partial charge in [-0.1, -0.05) is 0 Å². The summed E-state index contributed by atoms with van der Waals surface area (Å²) < 4.78 is 0. The van der Waals surface area contributed by atoms with Gasteiger partial charge in [-0.25, -0.2) is 0 Å². The maximum absolute atomic E-state index is 10.0. The maximum Gasteiger partial charge on any atom is 1.00 e. The molecule has 1 rings (SSSR count). The SMILES string of the molecule is O=C([O-])c1cc(O)cs1.[K+]. The average Bonchev–Trinajstić information content (AvgIpc) is 2.14. The quantitative estimate of drug-likeness (QED) is 0.466. The molecule has 1 N–H and O–H groups in total. The molecule has 48 valence electrons. The molecule has 0 aromatic carbocycles. The molecule has 0 fully saturated rings. The van der Waals surface area contributed by atoms with Crippen LogP contribution >= 0.6 is 11.3 Å². The Labute approximate surface area is 104 Å². The molecule has 5 heteroatoms. The first-order valence-electron chi connectivity index (χ1n) is 2.19. The second-order valence-electron chi connectivity index (χ2n) is 1.46. The number of carbonyl (C=O) groups excluding carboxylic acids is 1. The number of hydrogen-bond donors (Lipinski definition) is 1. The third-order valence-corrected chi connectivity index (χ3v) is 1.68. The zero-order valence-corrected chi connectivity index (χ0v) is 9.27. The Morgan fingerprint density at radius 3 is 2.50 bits per heavy atom. The van der Waals surface area contributed by atoms with Gasteiger partial charge >= 0.3 is 51.4 Å². The van der Waals surface area contributed by atoms with Gasteiger partial charge in [-0.05, 0) is 6.07 Å². The molecule has 1 aromatic heterocycles. The molecule has 0 aliphatic carbocycles. The van der Waals surface area contributed by atoms with Crippen molar-refractivity contribution in [2.24, 2.45) is 0 Å². The van der Waals surface area contributed by atoms with Crippen molar-refractivity contribution in [1.29, 1.82) is 0 Å². The Bertz CT molecular complexity index is 233. The van der Waals surface area contributed by atoms with E-state index >= 15 is 0 Å². The first kappa shape index (κ1) is 10.6. The van der Waals surface area contributed by atoms with Gasteiger partial charge in [0.25, 0.3) is 0 Å². The summed E-state index contributed by atoms with van der Waals surface area (Å²) in [6.45, 7) is 0. The van der Waals surface area contributed by atoms with Gasteiger partial charge in [-0.2, -0.15) is 0 Å². The molecule has 0 aliphatic heterocycles. The summed E-state index contributed by atoms with van der Waals surface area (Å²) >= 11 is 0.946. The monoisotopic (exact) mass is 182 g/mol. The van der Waals surface area contributed by atoms with Crippen LogP contribution in [0, 0.1) is 0 Å². The predicted molar refractivity (Wildman–Crippen MR) is 30.3 cm³/mol. The Morgan fingerprint density at radius 2 is 2.30 bits per heavy atom. The van der Waals surface area contributed by atoms with Crippen LogP contribution in [0.1, 0.15) is 9.67 Å². The fraction of sp³-hybridized carbons (Fsp3) is 0. The Hall–Kier alpha value is 0.606. The molecular formula is C5H3KO3S. The van der Waals surface area contributed by atoms with Crippen LogP contribution in [0.4, 0.5) is 0 Å². The zero-order chi connectivity index (χ0) is 6.85. The van der Waals surface area contributed by atoms with E-state index in [0.29, 0.717) is 0 Å². The second-order valence-corrected chi connectivity index (χ2v) is 2.37. The first-order valence-corrected chi connectivity index (χ1v) is 3.07. The number of rotatable bonds is 1. The van der Waals surface area contributed by atoms with Crippen LogP contribution in [-0.2, 0) is 0 Å². The molecular weight excluding hydrogens is 179 g/mol. The topological polar surface area (TPSA) is 60.4 Å². The minimum Gasteiger partial charge on any atom is -0.544 e. The van der Waals surface area contributed by atoms with Crippen molar-refractivity contribution >= 4 is 17.3 Å². The molecule has 0 saturated heterocycles. The molecule has 0 bridgehead atoms. The van der Waals surface area contributed by atoms with Crippen LogP contribution in [0.25, 0.3) is 0 Å². The zero-order valence-electron chi connectivity index (χ0n) is 5.33. The van der Waals surface area contributed by atoms with E-state index in [0.717, 1.165) is 17.4 Å². The number of thiophene rings is 1. The van der Waals surface area contributed by atoms with Crippen molar-refractivity contribution in [3.8, 4) is 5.75 Å². The van der Waals surface area contributed by atoms with E-state index in [1.54, 1.807) is 0 Å². The molecule has 1 heterocycles. The van der Waals surface area contributed by atoms with Crippen molar-refractivity contribution in [3.05, 3.63) is 16.3 Å². The van der Waals surface area contributed by atoms with Crippen molar-refractivity contribution in [3.63, 3.8) is 0 Å². The number of carboxylic acids is 1. The van der Waals surface area contributed by atoms with Crippen molar-refractivity contribution < 1.29 is 66.4 Å². The smallest absolute Gasteiger partial charge is 0.544 e. The summed E-state index contributed by atoms with van der Waals surface area (Å²) in [4.78, 5) is 10.1.